The molecule has 0 N–H and O–H groups in total. The van der Waals surface area contributed by atoms with E-state index in [2.05, 4.69) is 39.4 Å². The van der Waals surface area contributed by atoms with Crippen LogP contribution < -0.4 is 4.90 Å². The minimum absolute atomic E-state index is 0.336. The fraction of sp³-hybridized carbons (Fsp3) is 0.167. The molecule has 0 unspecified atom stereocenters. The van der Waals surface area contributed by atoms with Crippen LogP contribution in [0.15, 0.2) is 89.8 Å². The fourth-order valence-electron chi connectivity index (χ4n) is 3.99. The van der Waals surface area contributed by atoms with Gasteiger partial charge in [0.1, 0.15) is 0 Å². The first-order valence-electron chi connectivity index (χ1n) is 10.2. The van der Waals surface area contributed by atoms with Crippen molar-refractivity contribution in [2.24, 2.45) is 0 Å². The highest BCUT2D eigenvalue weighted by molar-refractivity contribution is 7.89. The maximum absolute atomic E-state index is 12.8. The van der Waals surface area contributed by atoms with Crippen LogP contribution in [0.3, 0.4) is 0 Å². The van der Waals surface area contributed by atoms with Crippen LogP contribution in [0, 0.1) is 0 Å². The van der Waals surface area contributed by atoms with Crippen LogP contribution >= 0.6 is 0 Å². The third kappa shape index (κ3) is 3.78. The number of hydrogen-bond acceptors (Lipinski definition) is 5. The van der Waals surface area contributed by atoms with Crippen LogP contribution in [0.1, 0.15) is 0 Å². The maximum atomic E-state index is 12.8. The molecule has 6 nitrogen and oxygen atoms in total. The van der Waals surface area contributed by atoms with Gasteiger partial charge in [0.2, 0.25) is 10.0 Å². The summed E-state index contributed by atoms with van der Waals surface area (Å²) in [5, 5.41) is 11.2. The van der Waals surface area contributed by atoms with E-state index in [9.17, 15) is 8.42 Å². The Hall–Kier alpha value is -3.29. The third-order valence-electron chi connectivity index (χ3n) is 5.66. The lowest BCUT2D eigenvalue weighted by atomic mass is 10.0. The summed E-state index contributed by atoms with van der Waals surface area (Å²) in [5.41, 5.74) is 1.88. The van der Waals surface area contributed by atoms with Crippen LogP contribution in [-0.2, 0) is 10.0 Å². The molecule has 0 amide bonds. The second-order valence-electron chi connectivity index (χ2n) is 7.51. The summed E-state index contributed by atoms with van der Waals surface area (Å²) in [7, 11) is -3.46. The predicted molar refractivity (Wildman–Crippen MR) is 122 cm³/mol. The fourth-order valence-corrected chi connectivity index (χ4v) is 5.43. The van der Waals surface area contributed by atoms with Crippen molar-refractivity contribution in [3.05, 3.63) is 84.9 Å². The smallest absolute Gasteiger partial charge is 0.243 e. The SMILES string of the molecule is O=S(=O)(c1ccccc1)N1CCN(c2ccc(-c3cccc4ccccc34)nn2)CC1. The summed E-state index contributed by atoms with van der Waals surface area (Å²) in [4.78, 5) is 2.42. The van der Waals surface area contributed by atoms with Crippen LogP contribution in [0.25, 0.3) is 22.0 Å². The van der Waals surface area contributed by atoms with E-state index in [1.807, 2.05) is 36.4 Å². The molecular formula is C24H22N4O2S. The zero-order chi connectivity index (χ0) is 21.3. The Morgan fingerprint density at radius 3 is 2.13 bits per heavy atom. The molecule has 1 aliphatic rings. The van der Waals surface area contributed by atoms with E-state index < -0.39 is 10.0 Å². The monoisotopic (exact) mass is 430 g/mol. The molecule has 4 aromatic rings. The molecule has 1 saturated heterocycles. The van der Waals surface area contributed by atoms with Gasteiger partial charge in [-0.1, -0.05) is 60.7 Å². The summed E-state index contributed by atoms with van der Waals surface area (Å²) in [5.74, 6) is 0.765. The summed E-state index contributed by atoms with van der Waals surface area (Å²) in [6.07, 6.45) is 0. The van der Waals surface area contributed by atoms with Gasteiger partial charge in [-0.05, 0) is 35.0 Å². The molecule has 1 fully saturated rings. The minimum atomic E-state index is -3.46. The molecule has 2 heterocycles. The standard InChI is InChI=1S/C24H22N4O2S/c29-31(30,20-9-2-1-3-10-20)28-17-15-27(16-18-28)24-14-13-23(25-26-24)22-12-6-8-19-7-4-5-11-21(19)22/h1-14H,15-18H2. The zero-order valence-corrected chi connectivity index (χ0v) is 17.7. The van der Waals surface area contributed by atoms with Crippen molar-refractivity contribution >= 4 is 26.6 Å². The van der Waals surface area contributed by atoms with E-state index in [0.717, 1.165) is 22.5 Å². The number of piperazine rings is 1. The third-order valence-corrected chi connectivity index (χ3v) is 7.57. The van der Waals surface area contributed by atoms with Crippen LogP contribution in [-0.4, -0.2) is 49.1 Å². The first-order valence-corrected chi connectivity index (χ1v) is 11.7. The van der Waals surface area contributed by atoms with Crippen molar-refractivity contribution in [1.29, 1.82) is 0 Å². The van der Waals surface area contributed by atoms with Gasteiger partial charge in [-0.2, -0.15) is 4.31 Å². The summed E-state index contributed by atoms with van der Waals surface area (Å²) in [6.45, 7) is 2.00. The van der Waals surface area contributed by atoms with Crippen molar-refractivity contribution in [1.82, 2.24) is 14.5 Å². The van der Waals surface area contributed by atoms with Gasteiger partial charge in [-0.25, -0.2) is 8.42 Å². The maximum Gasteiger partial charge on any atom is 0.243 e. The van der Waals surface area contributed by atoms with Gasteiger partial charge < -0.3 is 4.90 Å². The van der Waals surface area contributed by atoms with E-state index in [-0.39, 0.29) is 0 Å². The average Bonchev–Trinajstić information content (AvgIpc) is 2.84. The first kappa shape index (κ1) is 19.7. The van der Waals surface area contributed by atoms with Crippen molar-refractivity contribution in [3.63, 3.8) is 0 Å². The minimum Gasteiger partial charge on any atom is -0.352 e. The predicted octanol–water partition coefficient (Wildman–Crippen LogP) is 3.81. The number of rotatable bonds is 4. The van der Waals surface area contributed by atoms with Crippen LogP contribution in [0.4, 0.5) is 5.82 Å². The highest BCUT2D eigenvalue weighted by Crippen LogP contribution is 2.28. The van der Waals surface area contributed by atoms with Gasteiger partial charge in [0.15, 0.2) is 5.82 Å². The lowest BCUT2D eigenvalue weighted by Crippen LogP contribution is -2.48. The Labute approximate surface area is 181 Å². The Morgan fingerprint density at radius 1 is 0.677 bits per heavy atom. The van der Waals surface area contributed by atoms with Crippen molar-refractivity contribution in [3.8, 4) is 11.3 Å². The molecular weight excluding hydrogens is 408 g/mol. The number of hydrogen-bond donors (Lipinski definition) is 0. The summed E-state index contributed by atoms with van der Waals surface area (Å²) >= 11 is 0. The van der Waals surface area contributed by atoms with Gasteiger partial charge in [0.25, 0.3) is 0 Å². The van der Waals surface area contributed by atoms with Crippen molar-refractivity contribution in [2.45, 2.75) is 4.90 Å². The zero-order valence-electron chi connectivity index (χ0n) is 16.9. The lowest BCUT2D eigenvalue weighted by Gasteiger charge is -2.34. The van der Waals surface area contributed by atoms with Crippen LogP contribution in [0.5, 0.6) is 0 Å². The molecule has 0 spiro atoms. The second-order valence-corrected chi connectivity index (χ2v) is 9.45. The molecule has 0 saturated carbocycles. The van der Waals surface area contributed by atoms with E-state index in [0.29, 0.717) is 31.1 Å². The number of fused-ring (bicyclic) bond motifs is 1. The molecule has 1 aliphatic heterocycles. The van der Waals surface area contributed by atoms with E-state index in [1.165, 1.54) is 9.69 Å². The summed E-state index contributed by atoms with van der Waals surface area (Å²) in [6, 6.07) is 26.9. The Bertz CT molecular complexity index is 1300. The number of sulfonamides is 1. The topological polar surface area (TPSA) is 66.4 Å². The van der Waals surface area contributed by atoms with Gasteiger partial charge >= 0.3 is 0 Å². The molecule has 0 aliphatic carbocycles. The molecule has 1 aromatic heterocycles. The average molecular weight is 431 g/mol. The molecule has 3 aromatic carbocycles. The number of anilines is 1. The Morgan fingerprint density at radius 2 is 1.39 bits per heavy atom. The molecule has 0 bridgehead atoms. The molecule has 0 atom stereocenters. The highest BCUT2D eigenvalue weighted by atomic mass is 32.2. The Balaban J connectivity index is 1.32. The molecule has 156 valence electrons. The lowest BCUT2D eigenvalue weighted by molar-refractivity contribution is 0.383. The van der Waals surface area contributed by atoms with Crippen molar-refractivity contribution < 1.29 is 8.42 Å². The molecule has 7 heteroatoms. The van der Waals surface area contributed by atoms with Gasteiger partial charge in [-0.3, -0.25) is 0 Å². The van der Waals surface area contributed by atoms with E-state index in [4.69, 9.17) is 0 Å². The molecule has 31 heavy (non-hydrogen) atoms. The largest absolute Gasteiger partial charge is 0.352 e. The van der Waals surface area contributed by atoms with E-state index in [1.54, 1.807) is 24.3 Å². The molecule has 0 radical (unpaired) electrons. The summed E-state index contributed by atoms with van der Waals surface area (Å²) < 4.78 is 27.2. The van der Waals surface area contributed by atoms with Gasteiger partial charge in [-0.15, -0.1) is 10.2 Å². The van der Waals surface area contributed by atoms with Crippen LogP contribution in [0.2, 0.25) is 0 Å². The normalized spacial score (nSPS) is 15.3. The first-order chi connectivity index (χ1) is 15.1. The van der Waals surface area contributed by atoms with Gasteiger partial charge in [0, 0.05) is 31.7 Å². The quantitative estimate of drug-likeness (QED) is 0.493. The molecule has 5 rings (SSSR count). The number of nitrogens with zero attached hydrogens (tertiary/aromatic N) is 4. The Kier molecular flexibility index (Phi) is 5.13. The highest BCUT2D eigenvalue weighted by Gasteiger charge is 2.28. The van der Waals surface area contributed by atoms with Gasteiger partial charge in [0.05, 0.1) is 10.6 Å². The van der Waals surface area contributed by atoms with Crippen molar-refractivity contribution in [2.75, 3.05) is 31.1 Å². The second kappa shape index (κ2) is 8.09. The number of benzene rings is 3. The number of aromatic nitrogens is 2. The van der Waals surface area contributed by atoms with E-state index >= 15 is 0 Å².